The van der Waals surface area contributed by atoms with Gasteiger partial charge in [-0.25, -0.2) is 18.6 Å². The lowest BCUT2D eigenvalue weighted by Crippen LogP contribution is -2.47. The molecular weight excluding hydrogens is 436 g/mol. The number of benzene rings is 2. The van der Waals surface area contributed by atoms with E-state index in [-0.39, 0.29) is 23.6 Å². The molecule has 3 rings (SSSR count). The van der Waals surface area contributed by atoms with Crippen molar-refractivity contribution in [3.05, 3.63) is 71.3 Å². The van der Waals surface area contributed by atoms with E-state index in [0.29, 0.717) is 12.7 Å². The summed E-state index contributed by atoms with van der Waals surface area (Å²) in [5.74, 6) is -1.22. The first-order chi connectivity index (χ1) is 15.4. The third-order valence-electron chi connectivity index (χ3n) is 5.02. The first-order valence-electron chi connectivity index (χ1n) is 10.4. The van der Waals surface area contributed by atoms with Crippen LogP contribution in [-0.2, 0) is 14.5 Å². The van der Waals surface area contributed by atoms with Gasteiger partial charge in [-0.3, -0.25) is 4.84 Å². The van der Waals surface area contributed by atoms with Crippen molar-refractivity contribution >= 4 is 29.1 Å². The first-order valence-corrected chi connectivity index (χ1v) is 11.2. The van der Waals surface area contributed by atoms with Crippen LogP contribution in [0.1, 0.15) is 43.7 Å². The molecule has 170 valence electrons. The maximum Gasteiger partial charge on any atom is 0.365 e. The highest BCUT2D eigenvalue weighted by atomic mass is 32.2. The fourth-order valence-electron chi connectivity index (χ4n) is 3.39. The van der Waals surface area contributed by atoms with Gasteiger partial charge in [-0.2, -0.15) is 10.1 Å². The Morgan fingerprint density at radius 1 is 1.25 bits per heavy atom. The number of urea groups is 1. The Bertz CT molecular complexity index is 990. The number of hydrazone groups is 1. The van der Waals surface area contributed by atoms with Gasteiger partial charge >= 0.3 is 6.03 Å². The fraction of sp³-hybridized carbons (Fsp3) is 0.348. The van der Waals surface area contributed by atoms with Gasteiger partial charge in [-0.1, -0.05) is 61.9 Å². The summed E-state index contributed by atoms with van der Waals surface area (Å²) in [6, 6.07) is 11.9. The monoisotopic (exact) mass is 461 g/mol. The molecule has 0 radical (unpaired) electrons. The number of hydrogen-bond acceptors (Lipinski definition) is 5. The number of carbonyl (C=O) groups is 2. The second-order valence-electron chi connectivity index (χ2n) is 7.27. The molecule has 32 heavy (non-hydrogen) atoms. The molecule has 6 nitrogen and oxygen atoms in total. The van der Waals surface area contributed by atoms with Crippen LogP contribution in [-0.4, -0.2) is 41.1 Å². The SMILES string of the molecule is CCCC[C@@]1(c2ccccc2)SC(c2cc(F)ccc2F)=NN1C(=O)N(C)OCCC=O. The van der Waals surface area contributed by atoms with Gasteiger partial charge in [0.2, 0.25) is 0 Å². The Morgan fingerprint density at radius 3 is 2.69 bits per heavy atom. The standard InChI is InChI=1S/C23H25F2N3O3S/c1-3-4-13-23(17-9-6-5-7-10-17)28(22(30)27(2)31-15-8-14-29)26-21(32-23)19-16-18(24)11-12-20(19)25/h5-7,9-12,14,16H,3-4,8,13,15H2,1-2H3/t23-/m0/s1. The molecule has 0 unspecified atom stereocenters. The van der Waals surface area contributed by atoms with Crippen molar-refractivity contribution in [2.75, 3.05) is 13.7 Å². The number of carbonyl (C=O) groups excluding carboxylic acids is 2. The molecule has 2 aromatic carbocycles. The van der Waals surface area contributed by atoms with Gasteiger partial charge in [0.25, 0.3) is 0 Å². The predicted molar refractivity (Wildman–Crippen MR) is 120 cm³/mol. The van der Waals surface area contributed by atoms with Gasteiger partial charge < -0.3 is 4.79 Å². The number of thioether (sulfide) groups is 1. The minimum atomic E-state index is -0.968. The zero-order valence-corrected chi connectivity index (χ0v) is 18.8. The van der Waals surface area contributed by atoms with Crippen molar-refractivity contribution in [3.63, 3.8) is 0 Å². The summed E-state index contributed by atoms with van der Waals surface area (Å²) in [4.78, 5) is 28.4. The maximum absolute atomic E-state index is 14.6. The Balaban J connectivity index is 2.07. The zero-order chi connectivity index (χ0) is 23.1. The molecule has 0 saturated carbocycles. The largest absolute Gasteiger partial charge is 0.365 e. The molecule has 0 saturated heterocycles. The Hall–Kier alpha value is -2.78. The van der Waals surface area contributed by atoms with Crippen LogP contribution in [0.25, 0.3) is 0 Å². The van der Waals surface area contributed by atoms with Crippen LogP contribution in [0, 0.1) is 11.6 Å². The number of halogens is 2. The van der Waals surface area contributed by atoms with E-state index in [4.69, 9.17) is 4.84 Å². The lowest BCUT2D eigenvalue weighted by atomic mass is 9.99. The van der Waals surface area contributed by atoms with E-state index in [0.717, 1.165) is 41.7 Å². The van der Waals surface area contributed by atoms with Crippen LogP contribution in [0.4, 0.5) is 13.6 Å². The van der Waals surface area contributed by atoms with Crippen LogP contribution in [0.2, 0.25) is 0 Å². The van der Waals surface area contributed by atoms with Crippen LogP contribution in [0.3, 0.4) is 0 Å². The third kappa shape index (κ3) is 4.99. The van der Waals surface area contributed by atoms with Gasteiger partial charge in [0.15, 0.2) is 0 Å². The van der Waals surface area contributed by atoms with E-state index in [1.807, 2.05) is 37.3 Å². The molecule has 0 aliphatic carbocycles. The van der Waals surface area contributed by atoms with E-state index in [2.05, 4.69) is 5.10 Å². The van der Waals surface area contributed by atoms with Crippen molar-refractivity contribution in [2.24, 2.45) is 5.10 Å². The minimum Gasteiger partial charge on any atom is -0.303 e. The van der Waals surface area contributed by atoms with Crippen molar-refractivity contribution in [1.29, 1.82) is 0 Å². The second-order valence-corrected chi connectivity index (χ2v) is 8.53. The summed E-state index contributed by atoms with van der Waals surface area (Å²) in [5.41, 5.74) is 0.801. The molecule has 0 bridgehead atoms. The van der Waals surface area contributed by atoms with Crippen LogP contribution >= 0.6 is 11.8 Å². The molecule has 2 amide bonds. The van der Waals surface area contributed by atoms with Crippen LogP contribution in [0.5, 0.6) is 0 Å². The summed E-state index contributed by atoms with van der Waals surface area (Å²) < 4.78 is 28.5. The number of nitrogens with zero attached hydrogens (tertiary/aromatic N) is 3. The van der Waals surface area contributed by atoms with E-state index >= 15 is 0 Å². The molecule has 1 atom stereocenters. The van der Waals surface area contributed by atoms with Gasteiger partial charge in [-0.15, -0.1) is 0 Å². The highest BCUT2D eigenvalue weighted by molar-refractivity contribution is 8.15. The quantitative estimate of drug-likeness (QED) is 0.289. The lowest BCUT2D eigenvalue weighted by molar-refractivity contribution is -0.123. The summed E-state index contributed by atoms with van der Waals surface area (Å²) in [5, 5.41) is 6.96. The first kappa shape index (κ1) is 23.9. The van der Waals surface area contributed by atoms with Crippen molar-refractivity contribution in [2.45, 2.75) is 37.5 Å². The zero-order valence-electron chi connectivity index (χ0n) is 18.0. The summed E-state index contributed by atoms with van der Waals surface area (Å²) in [6.07, 6.45) is 3.01. The molecule has 0 spiro atoms. The smallest absolute Gasteiger partial charge is 0.303 e. The number of aldehydes is 1. The normalized spacial score (nSPS) is 17.9. The Labute approximate surface area is 190 Å². The van der Waals surface area contributed by atoms with Gasteiger partial charge in [-0.05, 0) is 30.2 Å². The molecule has 2 aromatic rings. The van der Waals surface area contributed by atoms with Crippen LogP contribution in [0.15, 0.2) is 53.6 Å². The van der Waals surface area contributed by atoms with E-state index in [1.54, 1.807) is 0 Å². The van der Waals surface area contributed by atoms with E-state index in [1.165, 1.54) is 23.8 Å². The van der Waals surface area contributed by atoms with Crippen molar-refractivity contribution < 1.29 is 23.2 Å². The Morgan fingerprint density at radius 2 is 2.00 bits per heavy atom. The highest BCUT2D eigenvalue weighted by Gasteiger charge is 2.49. The molecule has 1 heterocycles. The predicted octanol–water partition coefficient (Wildman–Crippen LogP) is 5.29. The molecule has 0 aromatic heterocycles. The number of hydrogen-bond donors (Lipinski definition) is 0. The number of amides is 2. The van der Waals surface area contributed by atoms with Gasteiger partial charge in [0.1, 0.15) is 27.8 Å². The highest BCUT2D eigenvalue weighted by Crippen LogP contribution is 2.51. The van der Waals surface area contributed by atoms with Gasteiger partial charge in [0.05, 0.1) is 6.61 Å². The van der Waals surface area contributed by atoms with Crippen molar-refractivity contribution in [1.82, 2.24) is 10.1 Å². The fourth-order valence-corrected chi connectivity index (χ4v) is 4.80. The summed E-state index contributed by atoms with van der Waals surface area (Å²) in [6.45, 7) is 2.07. The molecule has 0 N–H and O–H groups in total. The summed E-state index contributed by atoms with van der Waals surface area (Å²) >= 11 is 1.22. The number of unbranched alkanes of at least 4 members (excludes halogenated alkanes) is 1. The molecule has 1 aliphatic heterocycles. The van der Waals surface area contributed by atoms with Crippen molar-refractivity contribution in [3.8, 4) is 0 Å². The number of rotatable bonds is 9. The van der Waals surface area contributed by atoms with E-state index in [9.17, 15) is 18.4 Å². The average Bonchev–Trinajstić information content (AvgIpc) is 3.20. The van der Waals surface area contributed by atoms with Gasteiger partial charge in [0, 0.05) is 19.0 Å². The number of hydroxylamine groups is 2. The lowest BCUT2D eigenvalue weighted by Gasteiger charge is -2.37. The molecule has 0 fully saturated rings. The average molecular weight is 462 g/mol. The third-order valence-corrected chi connectivity index (χ3v) is 6.47. The van der Waals surface area contributed by atoms with Crippen LogP contribution < -0.4 is 0 Å². The Kier molecular flexibility index (Phi) is 7.98. The summed E-state index contributed by atoms with van der Waals surface area (Å²) in [7, 11) is 1.43. The van der Waals surface area contributed by atoms with E-state index < -0.39 is 22.5 Å². The second kappa shape index (κ2) is 10.7. The minimum absolute atomic E-state index is 0.00775. The molecule has 9 heteroatoms. The molecule has 1 aliphatic rings. The maximum atomic E-state index is 14.6. The molecular formula is C23H25F2N3O3S. The topological polar surface area (TPSA) is 62.2 Å².